The van der Waals surface area contributed by atoms with Gasteiger partial charge in [-0.15, -0.1) is 0 Å². The van der Waals surface area contributed by atoms with E-state index in [1.165, 1.54) is 0 Å². The lowest BCUT2D eigenvalue weighted by atomic mass is 10.2. The van der Waals surface area contributed by atoms with Crippen molar-refractivity contribution in [1.82, 2.24) is 15.0 Å². The number of aliphatic hydroxyl groups is 1. The molecule has 6 nitrogen and oxygen atoms in total. The molecule has 1 N–H and O–H groups in total. The molecular formula is C16H22N4O2. The largest absolute Gasteiger partial charge is 0.395 e. The Morgan fingerprint density at radius 2 is 1.95 bits per heavy atom. The van der Waals surface area contributed by atoms with Gasteiger partial charge < -0.3 is 14.7 Å². The summed E-state index contributed by atoms with van der Waals surface area (Å²) in [5.41, 5.74) is 1.90. The van der Waals surface area contributed by atoms with Gasteiger partial charge in [-0.25, -0.2) is 9.97 Å². The summed E-state index contributed by atoms with van der Waals surface area (Å²) >= 11 is 0. The molecule has 0 aliphatic carbocycles. The summed E-state index contributed by atoms with van der Waals surface area (Å²) in [5.74, 6) is 1.49. The topological polar surface area (TPSA) is 71.4 Å². The fourth-order valence-electron chi connectivity index (χ4n) is 2.12. The minimum Gasteiger partial charge on any atom is -0.395 e. The molecule has 22 heavy (non-hydrogen) atoms. The van der Waals surface area contributed by atoms with E-state index in [4.69, 9.17) is 4.74 Å². The number of ether oxygens (including phenoxy) is 1. The number of nitrogens with zero attached hydrogens (tertiary/aromatic N) is 4. The predicted molar refractivity (Wildman–Crippen MR) is 85.8 cm³/mol. The highest BCUT2D eigenvalue weighted by molar-refractivity contribution is 5.57. The van der Waals surface area contributed by atoms with Crippen LogP contribution in [0.5, 0.6) is 0 Å². The Balaban J connectivity index is 2.37. The molecule has 0 unspecified atom stereocenters. The Labute approximate surface area is 130 Å². The van der Waals surface area contributed by atoms with Gasteiger partial charge >= 0.3 is 0 Å². The van der Waals surface area contributed by atoms with Crippen LogP contribution in [0.15, 0.2) is 30.6 Å². The van der Waals surface area contributed by atoms with E-state index in [0.29, 0.717) is 25.5 Å². The van der Waals surface area contributed by atoms with Crippen LogP contribution in [0.1, 0.15) is 12.6 Å². The molecule has 118 valence electrons. The molecule has 0 fully saturated rings. The number of hydrogen-bond acceptors (Lipinski definition) is 6. The third-order valence-electron chi connectivity index (χ3n) is 3.33. The Morgan fingerprint density at radius 3 is 2.59 bits per heavy atom. The van der Waals surface area contributed by atoms with Crippen LogP contribution in [0.2, 0.25) is 0 Å². The molecule has 2 aromatic heterocycles. The summed E-state index contributed by atoms with van der Waals surface area (Å²) in [6.07, 6.45) is 4.28. The van der Waals surface area contributed by atoms with Crippen LogP contribution in [0, 0.1) is 0 Å². The highest BCUT2D eigenvalue weighted by atomic mass is 16.5. The fourth-order valence-corrected chi connectivity index (χ4v) is 2.12. The van der Waals surface area contributed by atoms with Crippen molar-refractivity contribution in [1.29, 1.82) is 0 Å². The molecule has 0 aromatic carbocycles. The number of aliphatic hydroxyl groups excluding tert-OH is 1. The molecule has 2 aromatic rings. The SMILES string of the molecule is CCc1cc(N(CCO)CCOC)nc(-c2ccncc2)n1. The molecule has 2 heterocycles. The average molecular weight is 302 g/mol. The maximum atomic E-state index is 9.28. The average Bonchev–Trinajstić information content (AvgIpc) is 2.59. The van der Waals surface area contributed by atoms with Crippen molar-refractivity contribution in [3.63, 3.8) is 0 Å². The molecular weight excluding hydrogens is 280 g/mol. The summed E-state index contributed by atoms with van der Waals surface area (Å²) in [5, 5.41) is 9.28. The van der Waals surface area contributed by atoms with Gasteiger partial charge in [-0.3, -0.25) is 4.98 Å². The smallest absolute Gasteiger partial charge is 0.161 e. The second-order valence-electron chi connectivity index (χ2n) is 4.83. The number of pyridine rings is 1. The van der Waals surface area contributed by atoms with E-state index in [0.717, 1.165) is 23.5 Å². The number of methoxy groups -OCH3 is 1. The number of anilines is 1. The number of rotatable bonds is 8. The highest BCUT2D eigenvalue weighted by Gasteiger charge is 2.12. The van der Waals surface area contributed by atoms with Crippen molar-refractivity contribution in [3.8, 4) is 11.4 Å². The van der Waals surface area contributed by atoms with Crippen molar-refractivity contribution in [2.24, 2.45) is 0 Å². The zero-order chi connectivity index (χ0) is 15.8. The second-order valence-corrected chi connectivity index (χ2v) is 4.83. The lowest BCUT2D eigenvalue weighted by Crippen LogP contribution is -2.31. The molecule has 2 rings (SSSR count). The van der Waals surface area contributed by atoms with E-state index in [-0.39, 0.29) is 6.61 Å². The van der Waals surface area contributed by atoms with Crippen molar-refractivity contribution in [2.75, 3.05) is 38.3 Å². The second kappa shape index (κ2) is 8.41. The highest BCUT2D eigenvalue weighted by Crippen LogP contribution is 2.20. The van der Waals surface area contributed by atoms with E-state index < -0.39 is 0 Å². The van der Waals surface area contributed by atoms with Gasteiger partial charge in [-0.05, 0) is 18.6 Å². The van der Waals surface area contributed by atoms with Crippen LogP contribution >= 0.6 is 0 Å². The zero-order valence-electron chi connectivity index (χ0n) is 13.1. The Kier molecular flexibility index (Phi) is 6.24. The predicted octanol–water partition coefficient (Wildman–Crippen LogP) is 1.55. The van der Waals surface area contributed by atoms with Crippen LogP contribution in [-0.4, -0.2) is 53.5 Å². The fraction of sp³-hybridized carbons (Fsp3) is 0.438. The van der Waals surface area contributed by atoms with Crippen molar-refractivity contribution in [3.05, 3.63) is 36.3 Å². The van der Waals surface area contributed by atoms with Gasteiger partial charge in [0.25, 0.3) is 0 Å². The molecule has 0 spiro atoms. The molecule has 6 heteroatoms. The Hall–Kier alpha value is -2.05. The van der Waals surface area contributed by atoms with Crippen LogP contribution in [0.4, 0.5) is 5.82 Å². The first-order valence-electron chi connectivity index (χ1n) is 7.41. The normalized spacial score (nSPS) is 10.7. The molecule has 0 aliphatic heterocycles. The lowest BCUT2D eigenvalue weighted by Gasteiger charge is -2.23. The van der Waals surface area contributed by atoms with Crippen LogP contribution < -0.4 is 4.90 Å². The molecule has 0 saturated heterocycles. The third-order valence-corrected chi connectivity index (χ3v) is 3.33. The first-order valence-corrected chi connectivity index (χ1v) is 7.41. The number of aryl methyl sites for hydroxylation is 1. The van der Waals surface area contributed by atoms with Crippen LogP contribution in [0.25, 0.3) is 11.4 Å². The monoisotopic (exact) mass is 302 g/mol. The van der Waals surface area contributed by atoms with E-state index >= 15 is 0 Å². The van der Waals surface area contributed by atoms with Gasteiger partial charge in [-0.2, -0.15) is 0 Å². The van der Waals surface area contributed by atoms with Crippen LogP contribution in [-0.2, 0) is 11.2 Å². The van der Waals surface area contributed by atoms with E-state index in [2.05, 4.69) is 21.9 Å². The van der Waals surface area contributed by atoms with Gasteiger partial charge in [-0.1, -0.05) is 6.92 Å². The first-order chi connectivity index (χ1) is 10.8. The van der Waals surface area contributed by atoms with Gasteiger partial charge in [0.1, 0.15) is 5.82 Å². The van der Waals surface area contributed by atoms with Gasteiger partial charge in [0.05, 0.1) is 13.2 Å². The lowest BCUT2D eigenvalue weighted by molar-refractivity contribution is 0.202. The number of aromatic nitrogens is 3. The molecule has 0 bridgehead atoms. The Bertz CT molecular complexity index is 578. The quantitative estimate of drug-likeness (QED) is 0.797. The summed E-state index contributed by atoms with van der Waals surface area (Å²) < 4.78 is 5.14. The van der Waals surface area contributed by atoms with Gasteiger partial charge in [0.15, 0.2) is 5.82 Å². The maximum absolute atomic E-state index is 9.28. The standard InChI is InChI=1S/C16H22N4O2/c1-3-14-12-15(20(8-10-21)9-11-22-2)19-16(18-14)13-4-6-17-7-5-13/h4-7,12,21H,3,8-11H2,1-2H3. The summed E-state index contributed by atoms with van der Waals surface area (Å²) in [7, 11) is 1.66. The molecule has 0 aliphatic rings. The Morgan fingerprint density at radius 1 is 1.18 bits per heavy atom. The van der Waals surface area contributed by atoms with E-state index in [1.54, 1.807) is 19.5 Å². The minimum absolute atomic E-state index is 0.0692. The van der Waals surface area contributed by atoms with Gasteiger partial charge in [0, 0.05) is 49.9 Å². The maximum Gasteiger partial charge on any atom is 0.161 e. The summed E-state index contributed by atoms with van der Waals surface area (Å²) in [6, 6.07) is 5.75. The molecule has 0 saturated carbocycles. The van der Waals surface area contributed by atoms with Crippen molar-refractivity contribution in [2.45, 2.75) is 13.3 Å². The van der Waals surface area contributed by atoms with Crippen molar-refractivity contribution >= 4 is 5.82 Å². The van der Waals surface area contributed by atoms with E-state index in [1.807, 2.05) is 23.1 Å². The molecule has 0 atom stereocenters. The summed E-state index contributed by atoms with van der Waals surface area (Å²) in [6.45, 7) is 3.90. The molecule has 0 radical (unpaired) electrons. The van der Waals surface area contributed by atoms with Crippen molar-refractivity contribution < 1.29 is 9.84 Å². The third kappa shape index (κ3) is 4.22. The zero-order valence-corrected chi connectivity index (χ0v) is 13.1. The van der Waals surface area contributed by atoms with Crippen LogP contribution in [0.3, 0.4) is 0 Å². The summed E-state index contributed by atoms with van der Waals surface area (Å²) in [4.78, 5) is 15.3. The molecule has 0 amide bonds. The number of hydrogen-bond donors (Lipinski definition) is 1. The van der Waals surface area contributed by atoms with Gasteiger partial charge in [0.2, 0.25) is 0 Å². The first kappa shape index (κ1) is 16.3. The minimum atomic E-state index is 0.0692. The van der Waals surface area contributed by atoms with E-state index in [9.17, 15) is 5.11 Å².